The Morgan fingerprint density at radius 1 is 1.02 bits per heavy atom. The smallest absolute Gasteiger partial charge is 0.247 e. The molecule has 0 bridgehead atoms. The second-order valence-corrected chi connectivity index (χ2v) is 9.52. The summed E-state index contributed by atoms with van der Waals surface area (Å²) in [4.78, 5) is 24.1. The SMILES string of the molecule is C=CC(=O)Nc1cccc(-c2nc(Nc3ccc(N4CC(O)N(C)C(F)C4)cc3)ncc2Nc2cccc(F)c2)c1. The molecule has 2 unspecified atom stereocenters. The monoisotopic (exact) mass is 557 g/mol. The number of carbonyl (C=O) groups is 1. The van der Waals surface area contributed by atoms with Crippen molar-refractivity contribution in [2.24, 2.45) is 0 Å². The van der Waals surface area contributed by atoms with E-state index in [2.05, 4.69) is 27.5 Å². The Labute approximate surface area is 236 Å². The largest absolute Gasteiger partial charge is 0.376 e. The molecule has 3 aromatic carbocycles. The molecule has 210 valence electrons. The third kappa shape index (κ3) is 6.65. The molecule has 2 heterocycles. The van der Waals surface area contributed by atoms with Gasteiger partial charge in [0.15, 0.2) is 6.30 Å². The Hall–Kier alpha value is -4.87. The molecule has 4 aromatic rings. The van der Waals surface area contributed by atoms with Crippen LogP contribution in [0.15, 0.2) is 91.6 Å². The van der Waals surface area contributed by atoms with Crippen LogP contribution in [0, 0.1) is 5.82 Å². The first-order valence-corrected chi connectivity index (χ1v) is 12.9. The van der Waals surface area contributed by atoms with Gasteiger partial charge < -0.3 is 26.0 Å². The highest BCUT2D eigenvalue weighted by atomic mass is 19.1. The fourth-order valence-electron chi connectivity index (χ4n) is 4.41. The van der Waals surface area contributed by atoms with Crippen molar-refractivity contribution in [3.8, 4) is 11.3 Å². The molecule has 0 radical (unpaired) electrons. The van der Waals surface area contributed by atoms with E-state index in [1.165, 1.54) is 23.1 Å². The van der Waals surface area contributed by atoms with Gasteiger partial charge in [0.25, 0.3) is 0 Å². The number of nitrogens with zero attached hydrogens (tertiary/aromatic N) is 4. The van der Waals surface area contributed by atoms with Crippen molar-refractivity contribution in [2.75, 3.05) is 41.0 Å². The van der Waals surface area contributed by atoms with Crippen LogP contribution in [0.1, 0.15) is 0 Å². The molecule has 2 atom stereocenters. The van der Waals surface area contributed by atoms with Gasteiger partial charge in [0.1, 0.15) is 12.0 Å². The Balaban J connectivity index is 1.42. The number of aliphatic hydroxyl groups is 1. The first-order chi connectivity index (χ1) is 19.8. The highest BCUT2D eigenvalue weighted by Crippen LogP contribution is 2.32. The van der Waals surface area contributed by atoms with Crippen molar-refractivity contribution < 1.29 is 18.7 Å². The number of β-amino-alcohol motifs (C(OH)–C–C–N with tert-alkyl or cyclic N) is 1. The van der Waals surface area contributed by atoms with Crippen molar-refractivity contribution in [3.63, 3.8) is 0 Å². The van der Waals surface area contributed by atoms with Crippen LogP contribution in [-0.4, -0.2) is 58.5 Å². The predicted octanol–water partition coefficient (Wildman–Crippen LogP) is 5.26. The number of carbonyl (C=O) groups excluding carboxylic acids is 1. The topological polar surface area (TPSA) is 106 Å². The second-order valence-electron chi connectivity index (χ2n) is 9.52. The number of anilines is 6. The number of hydrogen-bond donors (Lipinski definition) is 4. The Morgan fingerprint density at radius 3 is 2.51 bits per heavy atom. The third-order valence-electron chi connectivity index (χ3n) is 6.64. The summed E-state index contributed by atoms with van der Waals surface area (Å²) in [5, 5.41) is 19.2. The maximum atomic E-state index is 14.2. The zero-order chi connectivity index (χ0) is 28.9. The maximum Gasteiger partial charge on any atom is 0.247 e. The first-order valence-electron chi connectivity index (χ1n) is 12.9. The molecule has 11 heteroatoms. The zero-order valence-electron chi connectivity index (χ0n) is 22.3. The van der Waals surface area contributed by atoms with Crippen LogP contribution in [-0.2, 0) is 4.79 Å². The van der Waals surface area contributed by atoms with E-state index >= 15 is 0 Å². The lowest BCUT2D eigenvalue weighted by Gasteiger charge is -2.40. The van der Waals surface area contributed by atoms with Gasteiger partial charge in [0.2, 0.25) is 11.9 Å². The van der Waals surface area contributed by atoms with E-state index in [9.17, 15) is 18.7 Å². The van der Waals surface area contributed by atoms with Gasteiger partial charge in [0, 0.05) is 28.3 Å². The van der Waals surface area contributed by atoms with E-state index in [-0.39, 0.29) is 18.3 Å². The van der Waals surface area contributed by atoms with Crippen LogP contribution < -0.4 is 20.9 Å². The molecule has 0 saturated carbocycles. The summed E-state index contributed by atoms with van der Waals surface area (Å²) in [5.74, 6) is -0.430. The van der Waals surface area contributed by atoms with Crippen molar-refractivity contribution >= 4 is 40.3 Å². The lowest BCUT2D eigenvalue weighted by Crippen LogP contribution is -2.55. The molecule has 4 N–H and O–H groups in total. The van der Waals surface area contributed by atoms with E-state index in [0.717, 1.165) is 5.69 Å². The van der Waals surface area contributed by atoms with E-state index in [1.807, 2.05) is 30.3 Å². The molecule has 9 nitrogen and oxygen atoms in total. The van der Waals surface area contributed by atoms with Crippen molar-refractivity contribution in [1.29, 1.82) is 0 Å². The molecular weight excluding hydrogens is 528 g/mol. The molecule has 0 spiro atoms. The highest BCUT2D eigenvalue weighted by molar-refractivity contribution is 5.99. The number of aliphatic hydroxyl groups excluding tert-OH is 1. The number of aromatic nitrogens is 2. The molecular formula is C30H29F2N7O2. The number of likely N-dealkylation sites (N-methyl/N-ethyl adjacent to an activating group) is 1. The first kappa shape index (κ1) is 27.7. The van der Waals surface area contributed by atoms with Crippen LogP contribution in [0.4, 0.5) is 43.2 Å². The molecule has 1 saturated heterocycles. The lowest BCUT2D eigenvalue weighted by molar-refractivity contribution is -0.111. The number of halogens is 2. The summed E-state index contributed by atoms with van der Waals surface area (Å²) in [6.45, 7) is 3.93. The summed E-state index contributed by atoms with van der Waals surface area (Å²) in [5.41, 5.74) is 4.27. The normalized spacial score (nSPS) is 17.1. The molecule has 1 amide bonds. The predicted molar refractivity (Wildman–Crippen MR) is 157 cm³/mol. The number of rotatable bonds is 8. The summed E-state index contributed by atoms with van der Waals surface area (Å²) < 4.78 is 28.1. The number of amides is 1. The molecule has 1 fully saturated rings. The van der Waals surface area contributed by atoms with Crippen LogP contribution in [0.2, 0.25) is 0 Å². The number of alkyl halides is 1. The zero-order valence-corrected chi connectivity index (χ0v) is 22.3. The van der Waals surface area contributed by atoms with Gasteiger partial charge in [-0.3, -0.25) is 4.79 Å². The van der Waals surface area contributed by atoms with Crippen LogP contribution in [0.3, 0.4) is 0 Å². The number of benzene rings is 3. The Bertz CT molecular complexity index is 1540. The number of piperazine rings is 1. The highest BCUT2D eigenvalue weighted by Gasteiger charge is 2.30. The molecule has 1 aromatic heterocycles. The van der Waals surface area contributed by atoms with Crippen LogP contribution >= 0.6 is 0 Å². The molecule has 5 rings (SSSR count). The van der Waals surface area contributed by atoms with Crippen LogP contribution in [0.25, 0.3) is 11.3 Å². The van der Waals surface area contributed by atoms with Crippen molar-refractivity contribution in [3.05, 3.63) is 97.5 Å². The average Bonchev–Trinajstić information content (AvgIpc) is 2.97. The molecule has 0 aliphatic carbocycles. The van der Waals surface area contributed by atoms with Gasteiger partial charge >= 0.3 is 0 Å². The quantitative estimate of drug-likeness (QED) is 0.172. The Morgan fingerprint density at radius 2 is 1.78 bits per heavy atom. The van der Waals surface area contributed by atoms with E-state index < -0.39 is 12.5 Å². The molecule has 41 heavy (non-hydrogen) atoms. The minimum Gasteiger partial charge on any atom is -0.376 e. The van der Waals surface area contributed by atoms with Gasteiger partial charge in [-0.15, -0.1) is 0 Å². The van der Waals surface area contributed by atoms with Gasteiger partial charge in [0.05, 0.1) is 30.7 Å². The second kappa shape index (κ2) is 12.1. The fourth-order valence-corrected chi connectivity index (χ4v) is 4.41. The summed E-state index contributed by atoms with van der Waals surface area (Å²) in [6, 6.07) is 20.5. The van der Waals surface area contributed by atoms with Gasteiger partial charge in [-0.2, -0.15) is 0 Å². The van der Waals surface area contributed by atoms with E-state index in [4.69, 9.17) is 4.98 Å². The Kier molecular flexibility index (Phi) is 8.18. The average molecular weight is 558 g/mol. The van der Waals surface area contributed by atoms with Crippen molar-refractivity contribution in [1.82, 2.24) is 14.9 Å². The fraction of sp³-hybridized carbons (Fsp3) is 0.167. The summed E-state index contributed by atoms with van der Waals surface area (Å²) in [6.07, 6.45) is 0.605. The third-order valence-corrected chi connectivity index (χ3v) is 6.64. The van der Waals surface area contributed by atoms with Crippen LogP contribution in [0.5, 0.6) is 0 Å². The van der Waals surface area contributed by atoms with Gasteiger partial charge in [-0.05, 0) is 67.7 Å². The van der Waals surface area contributed by atoms with E-state index in [1.54, 1.807) is 48.5 Å². The van der Waals surface area contributed by atoms with Gasteiger partial charge in [-0.25, -0.2) is 23.6 Å². The van der Waals surface area contributed by atoms with Gasteiger partial charge in [-0.1, -0.05) is 24.8 Å². The lowest BCUT2D eigenvalue weighted by atomic mass is 10.1. The number of nitrogens with one attached hydrogen (secondary N) is 3. The summed E-state index contributed by atoms with van der Waals surface area (Å²) >= 11 is 0. The number of hydrogen-bond acceptors (Lipinski definition) is 8. The molecule has 1 aliphatic heterocycles. The summed E-state index contributed by atoms with van der Waals surface area (Å²) in [7, 11) is 1.56. The minimum absolute atomic E-state index is 0.152. The maximum absolute atomic E-state index is 14.2. The molecule has 1 aliphatic rings. The van der Waals surface area contributed by atoms with E-state index in [0.29, 0.717) is 46.5 Å². The van der Waals surface area contributed by atoms with Crippen molar-refractivity contribution in [2.45, 2.75) is 12.5 Å². The standard InChI is InChI=1S/C30H29F2N7O2/c1-3-27(40)35-22-8-4-6-19(14-22)29-25(34-23-9-5-7-20(31)15-23)16-33-30(37-29)36-21-10-12-24(13-11-21)39-17-26(32)38(2)28(41)18-39/h3-16,26,28,34,41H,1,17-18H2,2H3,(H,35,40)(H,33,36,37). The minimum atomic E-state index is -1.27.